The molecule has 4 rings (SSSR count). The lowest BCUT2D eigenvalue weighted by atomic mass is 9.78. The standard InChI is InChI=1S/C24H31ClFN2O6P/c1-23(2,3)15-9-16(24(4,5)6)20-14(19(15)26)12-32-35(34-20)31-11-13-7-8-18(33-13)28-10-17(25)21(29)27-22(28)30/h9-10,13,18H,7-8,11-12H2,1-6H3,(H,27,29,30). The second-order valence-corrected chi connectivity index (χ2v) is 12.5. The molecule has 3 atom stereocenters. The molecule has 0 radical (unpaired) electrons. The van der Waals surface area contributed by atoms with Crippen molar-refractivity contribution in [2.45, 2.75) is 84.2 Å². The average Bonchev–Trinajstić information content (AvgIpc) is 3.22. The highest BCUT2D eigenvalue weighted by Gasteiger charge is 2.36. The lowest BCUT2D eigenvalue weighted by Crippen LogP contribution is -2.32. The summed E-state index contributed by atoms with van der Waals surface area (Å²) in [6.07, 6.45) is 1.58. The van der Waals surface area contributed by atoms with Crippen LogP contribution in [0.3, 0.4) is 0 Å². The zero-order valence-electron chi connectivity index (χ0n) is 20.7. The summed E-state index contributed by atoms with van der Waals surface area (Å²) in [5.41, 5.74) is 0.0812. The van der Waals surface area contributed by atoms with E-state index in [0.717, 1.165) is 5.56 Å². The summed E-state index contributed by atoms with van der Waals surface area (Å²) in [5, 5.41) is -0.0875. The Balaban J connectivity index is 1.46. The van der Waals surface area contributed by atoms with Crippen LogP contribution in [-0.2, 0) is 31.2 Å². The van der Waals surface area contributed by atoms with Crippen LogP contribution in [0.4, 0.5) is 4.39 Å². The number of benzene rings is 1. The first-order chi connectivity index (χ1) is 16.3. The van der Waals surface area contributed by atoms with Gasteiger partial charge in [0.2, 0.25) is 0 Å². The van der Waals surface area contributed by atoms with Crippen molar-refractivity contribution in [3.63, 3.8) is 0 Å². The van der Waals surface area contributed by atoms with Crippen molar-refractivity contribution in [3.05, 3.63) is 60.6 Å². The van der Waals surface area contributed by atoms with Crippen molar-refractivity contribution < 1.29 is 22.7 Å². The van der Waals surface area contributed by atoms with Gasteiger partial charge in [-0.05, 0) is 35.3 Å². The first-order valence-electron chi connectivity index (χ1n) is 11.5. The predicted molar refractivity (Wildman–Crippen MR) is 132 cm³/mol. The van der Waals surface area contributed by atoms with Crippen molar-refractivity contribution in [3.8, 4) is 5.75 Å². The van der Waals surface area contributed by atoms with Gasteiger partial charge in [0.15, 0.2) is 0 Å². The normalized spacial score (nSPS) is 22.7. The fourth-order valence-corrected chi connectivity index (χ4v) is 5.36. The van der Waals surface area contributed by atoms with E-state index in [2.05, 4.69) is 25.8 Å². The fourth-order valence-electron chi connectivity index (χ4n) is 4.15. The third-order valence-electron chi connectivity index (χ3n) is 6.09. The summed E-state index contributed by atoms with van der Waals surface area (Å²) in [7, 11) is -1.76. The number of fused-ring (bicyclic) bond motifs is 1. The van der Waals surface area contributed by atoms with E-state index >= 15 is 4.39 Å². The number of hydrogen-bond donors (Lipinski definition) is 1. The highest BCUT2D eigenvalue weighted by Crippen LogP contribution is 2.52. The lowest BCUT2D eigenvalue weighted by molar-refractivity contribution is -0.0229. The van der Waals surface area contributed by atoms with Gasteiger partial charge >= 0.3 is 14.3 Å². The van der Waals surface area contributed by atoms with Crippen LogP contribution < -0.4 is 15.8 Å². The Morgan fingerprint density at radius 3 is 2.51 bits per heavy atom. The summed E-state index contributed by atoms with van der Waals surface area (Å²) in [6.45, 7) is 12.4. The maximum atomic E-state index is 15.4. The van der Waals surface area contributed by atoms with Gasteiger partial charge in [-0.15, -0.1) is 0 Å². The summed E-state index contributed by atoms with van der Waals surface area (Å²) in [5.74, 6) is 0.183. The Morgan fingerprint density at radius 2 is 1.86 bits per heavy atom. The number of aromatic amines is 1. The van der Waals surface area contributed by atoms with Crippen molar-refractivity contribution in [1.82, 2.24) is 9.55 Å². The second kappa shape index (κ2) is 9.60. The van der Waals surface area contributed by atoms with Gasteiger partial charge in [-0.25, -0.2) is 9.18 Å². The topological polar surface area (TPSA) is 91.8 Å². The first kappa shape index (κ1) is 26.3. The van der Waals surface area contributed by atoms with Crippen molar-refractivity contribution >= 4 is 20.2 Å². The van der Waals surface area contributed by atoms with E-state index in [1.54, 1.807) is 0 Å². The molecule has 0 amide bonds. The number of ether oxygens (including phenoxy) is 1. The maximum absolute atomic E-state index is 15.4. The highest BCUT2D eigenvalue weighted by molar-refractivity contribution is 7.42. The molecular weight excluding hydrogens is 498 g/mol. The van der Waals surface area contributed by atoms with Crippen LogP contribution in [0.2, 0.25) is 5.02 Å². The number of rotatable bonds is 4. The third-order valence-corrected chi connectivity index (χ3v) is 7.39. The number of hydrogen-bond acceptors (Lipinski definition) is 6. The molecule has 1 saturated heterocycles. The summed E-state index contributed by atoms with van der Waals surface area (Å²) < 4.78 is 40.3. The molecule has 8 nitrogen and oxygen atoms in total. The molecule has 0 saturated carbocycles. The van der Waals surface area contributed by atoms with Gasteiger partial charge in [-0.2, -0.15) is 0 Å². The third kappa shape index (κ3) is 5.49. The zero-order valence-corrected chi connectivity index (χ0v) is 22.4. The van der Waals surface area contributed by atoms with Gasteiger partial charge < -0.3 is 9.26 Å². The number of nitrogens with one attached hydrogen (secondary N) is 1. The van der Waals surface area contributed by atoms with Crippen LogP contribution in [0, 0.1) is 5.82 Å². The van der Waals surface area contributed by atoms with Gasteiger partial charge in [-0.1, -0.05) is 53.1 Å². The lowest BCUT2D eigenvalue weighted by Gasteiger charge is -2.33. The molecule has 2 aliphatic heterocycles. The zero-order chi connectivity index (χ0) is 25.7. The Hall–Kier alpha value is -1.77. The van der Waals surface area contributed by atoms with Gasteiger partial charge in [0.25, 0.3) is 5.56 Å². The van der Waals surface area contributed by atoms with E-state index in [1.165, 1.54) is 10.8 Å². The molecule has 0 spiro atoms. The van der Waals surface area contributed by atoms with Crippen LogP contribution >= 0.6 is 20.2 Å². The Bertz CT molecular complexity index is 1230. The van der Waals surface area contributed by atoms with Crippen molar-refractivity contribution in [2.24, 2.45) is 0 Å². The number of aromatic nitrogens is 2. The minimum absolute atomic E-state index is 0.0549. The number of nitrogens with zero attached hydrogens (tertiary/aromatic N) is 1. The quantitative estimate of drug-likeness (QED) is 0.530. The molecule has 192 valence electrons. The second-order valence-electron chi connectivity index (χ2n) is 10.9. The molecular formula is C24H31ClFN2O6P. The molecule has 0 aliphatic carbocycles. The largest absolute Gasteiger partial charge is 0.426 e. The molecule has 0 bridgehead atoms. The van der Waals surface area contributed by atoms with Crippen LogP contribution in [0.5, 0.6) is 5.75 Å². The van der Waals surface area contributed by atoms with Crippen molar-refractivity contribution in [2.75, 3.05) is 6.61 Å². The monoisotopic (exact) mass is 528 g/mol. The maximum Gasteiger partial charge on any atom is 0.397 e. The average molecular weight is 529 g/mol. The molecule has 2 aliphatic rings. The molecule has 3 heterocycles. The van der Waals surface area contributed by atoms with E-state index in [0.29, 0.717) is 29.7 Å². The van der Waals surface area contributed by atoms with Gasteiger partial charge in [0.1, 0.15) is 22.8 Å². The summed E-state index contributed by atoms with van der Waals surface area (Å²) >= 11 is 5.85. The summed E-state index contributed by atoms with van der Waals surface area (Å²) in [6, 6.07) is 1.89. The first-order valence-corrected chi connectivity index (χ1v) is 13.0. The van der Waals surface area contributed by atoms with E-state index in [1.807, 2.05) is 26.8 Å². The Morgan fingerprint density at radius 1 is 1.17 bits per heavy atom. The molecule has 1 aromatic carbocycles. The van der Waals surface area contributed by atoms with E-state index in [9.17, 15) is 9.59 Å². The molecule has 1 aromatic heterocycles. The molecule has 11 heteroatoms. The minimum Gasteiger partial charge on any atom is -0.426 e. The molecule has 2 aromatic rings. The van der Waals surface area contributed by atoms with Crippen LogP contribution in [0.1, 0.15) is 77.3 Å². The summed E-state index contributed by atoms with van der Waals surface area (Å²) in [4.78, 5) is 25.8. The number of halogens is 2. The Labute approximate surface area is 209 Å². The molecule has 1 N–H and O–H groups in total. The molecule has 3 unspecified atom stereocenters. The predicted octanol–water partition coefficient (Wildman–Crippen LogP) is 5.45. The number of H-pyrrole nitrogens is 1. The Kier molecular flexibility index (Phi) is 7.21. The highest BCUT2D eigenvalue weighted by atomic mass is 35.5. The van der Waals surface area contributed by atoms with E-state index in [4.69, 9.17) is 29.9 Å². The van der Waals surface area contributed by atoms with E-state index in [-0.39, 0.29) is 41.0 Å². The minimum atomic E-state index is -1.76. The molecule has 1 fully saturated rings. The van der Waals surface area contributed by atoms with Gasteiger partial charge in [0.05, 0.1) is 24.9 Å². The molecule has 35 heavy (non-hydrogen) atoms. The van der Waals surface area contributed by atoms with Crippen LogP contribution in [0.25, 0.3) is 0 Å². The smallest absolute Gasteiger partial charge is 0.397 e. The van der Waals surface area contributed by atoms with Crippen molar-refractivity contribution in [1.29, 1.82) is 0 Å². The van der Waals surface area contributed by atoms with Gasteiger partial charge in [0, 0.05) is 11.8 Å². The van der Waals surface area contributed by atoms with Gasteiger partial charge in [-0.3, -0.25) is 23.4 Å². The van der Waals surface area contributed by atoms with E-state index < -0.39 is 26.1 Å². The van der Waals surface area contributed by atoms with Crippen LogP contribution in [-0.4, -0.2) is 22.3 Å². The fraction of sp³-hybridized carbons (Fsp3) is 0.583. The SMILES string of the molecule is CC(C)(C)c1cc(C(C)(C)C)c2c(c1F)COP(OCC1CCC(n3cc(Cl)c(=O)[nH]c3=O)O1)O2. The van der Waals surface area contributed by atoms with Crippen LogP contribution in [0.15, 0.2) is 21.9 Å².